The van der Waals surface area contributed by atoms with E-state index in [9.17, 15) is 0 Å². The van der Waals surface area contributed by atoms with Crippen LogP contribution < -0.4 is 4.74 Å². The number of aromatic nitrogens is 2. The lowest BCUT2D eigenvalue weighted by atomic mass is 10.4. The van der Waals surface area contributed by atoms with E-state index in [0.717, 1.165) is 11.0 Å². The van der Waals surface area contributed by atoms with Gasteiger partial charge < -0.3 is 4.74 Å². The summed E-state index contributed by atoms with van der Waals surface area (Å²) in [5.41, 5.74) is 0. The second-order valence-electron chi connectivity index (χ2n) is 2.50. The SMILES string of the molecule is C=CCCOc1cc(Br)nc(C)n1. The van der Waals surface area contributed by atoms with E-state index in [1.807, 2.05) is 13.0 Å². The molecule has 0 spiro atoms. The van der Waals surface area contributed by atoms with Gasteiger partial charge in [-0.05, 0) is 29.3 Å². The van der Waals surface area contributed by atoms with Crippen LogP contribution in [0.15, 0.2) is 23.3 Å². The Morgan fingerprint density at radius 1 is 1.62 bits per heavy atom. The van der Waals surface area contributed by atoms with Crippen LogP contribution in [0.2, 0.25) is 0 Å². The molecule has 0 atom stereocenters. The molecule has 0 radical (unpaired) electrons. The normalized spacial score (nSPS) is 9.69. The molecule has 0 bridgehead atoms. The summed E-state index contributed by atoms with van der Waals surface area (Å²) >= 11 is 3.27. The van der Waals surface area contributed by atoms with Crippen molar-refractivity contribution in [3.63, 3.8) is 0 Å². The predicted octanol–water partition coefficient (Wildman–Crippen LogP) is 2.50. The van der Waals surface area contributed by atoms with E-state index in [0.29, 0.717) is 18.3 Å². The maximum absolute atomic E-state index is 5.36. The van der Waals surface area contributed by atoms with Gasteiger partial charge in [-0.3, -0.25) is 0 Å². The summed E-state index contributed by atoms with van der Waals surface area (Å²) in [6, 6.07) is 1.75. The van der Waals surface area contributed by atoms with E-state index in [2.05, 4.69) is 32.5 Å². The summed E-state index contributed by atoms with van der Waals surface area (Å²) in [5.74, 6) is 1.30. The van der Waals surface area contributed by atoms with Gasteiger partial charge in [0.15, 0.2) is 0 Å². The molecule has 0 saturated carbocycles. The standard InChI is InChI=1S/C9H11BrN2O/c1-3-4-5-13-9-6-8(10)11-7(2)12-9/h3,6H,1,4-5H2,2H3. The van der Waals surface area contributed by atoms with Crippen LogP contribution in [0.3, 0.4) is 0 Å². The van der Waals surface area contributed by atoms with E-state index >= 15 is 0 Å². The number of hydrogen-bond donors (Lipinski definition) is 0. The van der Waals surface area contributed by atoms with E-state index in [1.165, 1.54) is 0 Å². The third-order valence-corrected chi connectivity index (χ3v) is 1.76. The molecular formula is C9H11BrN2O. The first-order valence-electron chi connectivity index (χ1n) is 3.97. The highest BCUT2D eigenvalue weighted by molar-refractivity contribution is 9.10. The number of hydrogen-bond acceptors (Lipinski definition) is 3. The highest BCUT2D eigenvalue weighted by Crippen LogP contribution is 2.13. The molecule has 0 unspecified atom stereocenters. The van der Waals surface area contributed by atoms with Gasteiger partial charge in [0, 0.05) is 6.07 Å². The van der Waals surface area contributed by atoms with Crippen molar-refractivity contribution in [2.75, 3.05) is 6.61 Å². The van der Waals surface area contributed by atoms with E-state index in [-0.39, 0.29) is 0 Å². The molecule has 0 aliphatic carbocycles. The van der Waals surface area contributed by atoms with Crippen LogP contribution in [0.4, 0.5) is 0 Å². The molecule has 0 amide bonds. The van der Waals surface area contributed by atoms with Gasteiger partial charge in [0.25, 0.3) is 0 Å². The summed E-state index contributed by atoms with van der Waals surface area (Å²) in [6.07, 6.45) is 2.63. The monoisotopic (exact) mass is 242 g/mol. The Morgan fingerprint density at radius 3 is 3.00 bits per heavy atom. The number of nitrogens with zero attached hydrogens (tertiary/aromatic N) is 2. The molecule has 1 rings (SSSR count). The summed E-state index contributed by atoms with van der Waals surface area (Å²) in [4.78, 5) is 8.18. The summed E-state index contributed by atoms with van der Waals surface area (Å²) in [7, 11) is 0. The van der Waals surface area contributed by atoms with Gasteiger partial charge in [-0.25, -0.2) is 4.98 Å². The van der Waals surface area contributed by atoms with Gasteiger partial charge in [-0.2, -0.15) is 4.98 Å². The number of halogens is 1. The minimum Gasteiger partial charge on any atom is -0.477 e. The molecule has 0 fully saturated rings. The van der Waals surface area contributed by atoms with Crippen molar-refractivity contribution in [3.8, 4) is 5.88 Å². The second-order valence-corrected chi connectivity index (χ2v) is 3.31. The second kappa shape index (κ2) is 4.97. The Morgan fingerprint density at radius 2 is 2.38 bits per heavy atom. The van der Waals surface area contributed by atoms with Crippen LogP contribution >= 0.6 is 15.9 Å². The molecule has 0 N–H and O–H groups in total. The fraction of sp³-hybridized carbons (Fsp3) is 0.333. The lowest BCUT2D eigenvalue weighted by Crippen LogP contribution is -1.99. The van der Waals surface area contributed by atoms with Crippen molar-refractivity contribution in [1.29, 1.82) is 0 Å². The minimum atomic E-state index is 0.598. The maximum Gasteiger partial charge on any atom is 0.217 e. The van der Waals surface area contributed by atoms with Gasteiger partial charge in [-0.15, -0.1) is 6.58 Å². The van der Waals surface area contributed by atoms with E-state index in [4.69, 9.17) is 4.74 Å². The molecule has 0 aliphatic heterocycles. The minimum absolute atomic E-state index is 0.598. The zero-order chi connectivity index (χ0) is 9.68. The Hall–Kier alpha value is -0.900. The lowest BCUT2D eigenvalue weighted by molar-refractivity contribution is 0.310. The summed E-state index contributed by atoms with van der Waals surface area (Å²) in [6.45, 7) is 6.03. The highest BCUT2D eigenvalue weighted by Gasteiger charge is 1.99. The van der Waals surface area contributed by atoms with Crippen molar-refractivity contribution in [3.05, 3.63) is 29.1 Å². The van der Waals surface area contributed by atoms with Gasteiger partial charge in [0.1, 0.15) is 10.4 Å². The molecule has 0 saturated heterocycles. The molecule has 1 aromatic rings. The zero-order valence-electron chi connectivity index (χ0n) is 7.46. The molecule has 13 heavy (non-hydrogen) atoms. The molecule has 0 aliphatic rings. The van der Waals surface area contributed by atoms with Crippen molar-refractivity contribution in [1.82, 2.24) is 9.97 Å². The van der Waals surface area contributed by atoms with Crippen LogP contribution in [-0.2, 0) is 0 Å². The zero-order valence-corrected chi connectivity index (χ0v) is 9.04. The first kappa shape index (κ1) is 10.2. The predicted molar refractivity (Wildman–Crippen MR) is 54.8 cm³/mol. The van der Waals surface area contributed by atoms with E-state index < -0.39 is 0 Å². The van der Waals surface area contributed by atoms with Crippen LogP contribution in [0.1, 0.15) is 12.2 Å². The topological polar surface area (TPSA) is 35.0 Å². The fourth-order valence-electron chi connectivity index (χ4n) is 0.826. The Bertz CT molecular complexity index is 281. The van der Waals surface area contributed by atoms with Crippen molar-refractivity contribution in [2.24, 2.45) is 0 Å². The van der Waals surface area contributed by atoms with Crippen LogP contribution in [0, 0.1) is 6.92 Å². The molecular weight excluding hydrogens is 232 g/mol. The van der Waals surface area contributed by atoms with Gasteiger partial charge in [0.2, 0.25) is 5.88 Å². The van der Waals surface area contributed by atoms with Crippen LogP contribution in [0.25, 0.3) is 0 Å². The molecule has 0 aromatic carbocycles. The number of ether oxygens (including phenoxy) is 1. The first-order chi connectivity index (χ1) is 6.22. The molecule has 3 nitrogen and oxygen atoms in total. The lowest BCUT2D eigenvalue weighted by Gasteiger charge is -2.03. The third-order valence-electron chi connectivity index (χ3n) is 1.36. The quantitative estimate of drug-likeness (QED) is 0.463. The van der Waals surface area contributed by atoms with Crippen molar-refractivity contribution in [2.45, 2.75) is 13.3 Å². The molecule has 4 heteroatoms. The van der Waals surface area contributed by atoms with Gasteiger partial charge >= 0.3 is 0 Å². The molecule has 1 heterocycles. The number of aryl methyl sites for hydroxylation is 1. The Labute approximate surface area is 86.0 Å². The summed E-state index contributed by atoms with van der Waals surface area (Å²) in [5, 5.41) is 0. The number of rotatable bonds is 4. The van der Waals surface area contributed by atoms with Crippen molar-refractivity contribution < 1.29 is 4.74 Å². The molecule has 70 valence electrons. The Kier molecular flexibility index (Phi) is 3.89. The van der Waals surface area contributed by atoms with E-state index in [1.54, 1.807) is 6.07 Å². The Balaban J connectivity index is 2.60. The average Bonchev–Trinajstić information content (AvgIpc) is 2.03. The smallest absolute Gasteiger partial charge is 0.217 e. The summed E-state index contributed by atoms with van der Waals surface area (Å²) < 4.78 is 6.10. The van der Waals surface area contributed by atoms with Gasteiger partial charge in [-0.1, -0.05) is 6.08 Å². The fourth-order valence-corrected chi connectivity index (χ4v) is 1.28. The van der Waals surface area contributed by atoms with Crippen LogP contribution in [0.5, 0.6) is 5.88 Å². The highest BCUT2D eigenvalue weighted by atomic mass is 79.9. The molecule has 1 aromatic heterocycles. The third kappa shape index (κ3) is 3.55. The maximum atomic E-state index is 5.36. The van der Waals surface area contributed by atoms with Crippen LogP contribution in [-0.4, -0.2) is 16.6 Å². The largest absolute Gasteiger partial charge is 0.477 e. The van der Waals surface area contributed by atoms with Crippen molar-refractivity contribution >= 4 is 15.9 Å². The first-order valence-corrected chi connectivity index (χ1v) is 4.76. The average molecular weight is 243 g/mol. The van der Waals surface area contributed by atoms with Gasteiger partial charge in [0.05, 0.1) is 6.61 Å².